The van der Waals surface area contributed by atoms with Crippen molar-refractivity contribution < 1.29 is 17.9 Å². The third kappa shape index (κ3) is 3.78. The van der Waals surface area contributed by atoms with Crippen LogP contribution in [-0.2, 0) is 26.1 Å². The number of anilines is 1. The van der Waals surface area contributed by atoms with E-state index in [9.17, 15) is 13.2 Å². The average Bonchev–Trinajstić information content (AvgIpc) is 2.62. The lowest BCUT2D eigenvalue weighted by Gasteiger charge is -2.26. The van der Waals surface area contributed by atoms with Crippen LogP contribution in [0, 0.1) is 0 Å². The number of rotatable bonds is 5. The molecule has 1 aromatic carbocycles. The number of benzene rings is 1. The Morgan fingerprint density at radius 1 is 1.12 bits per heavy atom. The molecule has 126 valence electrons. The zero-order valence-corrected chi connectivity index (χ0v) is 13.7. The normalized spacial score (nSPS) is 15.5. The van der Waals surface area contributed by atoms with Gasteiger partial charge in [0.2, 0.25) is 10.0 Å². The maximum Gasteiger partial charge on any atom is 0.253 e. The van der Waals surface area contributed by atoms with Crippen LogP contribution in [0.4, 0.5) is 5.69 Å². The van der Waals surface area contributed by atoms with Crippen LogP contribution in [0.15, 0.2) is 53.7 Å². The lowest BCUT2D eigenvalue weighted by Crippen LogP contribution is -2.41. The molecule has 0 saturated carbocycles. The standard InChI is InChI=1S/C16H17N3O4S/c20-16-12-23-10-9-19(16)14-1-3-15(4-2-14)24(21,22)18-11-13-5-7-17-8-6-13/h1-8,18H,9-12H2. The summed E-state index contributed by atoms with van der Waals surface area (Å²) in [4.78, 5) is 17.4. The highest BCUT2D eigenvalue weighted by Gasteiger charge is 2.21. The molecule has 1 aromatic heterocycles. The minimum absolute atomic E-state index is 0.0491. The van der Waals surface area contributed by atoms with Gasteiger partial charge in [-0.1, -0.05) is 0 Å². The van der Waals surface area contributed by atoms with Crippen molar-refractivity contribution >= 4 is 21.6 Å². The van der Waals surface area contributed by atoms with Crippen molar-refractivity contribution in [2.24, 2.45) is 0 Å². The fraction of sp³-hybridized carbons (Fsp3) is 0.250. The highest BCUT2D eigenvalue weighted by atomic mass is 32.2. The number of amides is 1. The van der Waals surface area contributed by atoms with E-state index in [1.165, 1.54) is 12.1 Å². The molecule has 1 amide bonds. The monoisotopic (exact) mass is 347 g/mol. The maximum absolute atomic E-state index is 12.3. The maximum atomic E-state index is 12.3. The molecule has 0 bridgehead atoms. The summed E-state index contributed by atoms with van der Waals surface area (Å²) in [5.74, 6) is -0.132. The van der Waals surface area contributed by atoms with Gasteiger partial charge in [0.25, 0.3) is 5.91 Å². The topological polar surface area (TPSA) is 88.6 Å². The van der Waals surface area contributed by atoms with Crippen LogP contribution in [0.25, 0.3) is 0 Å². The van der Waals surface area contributed by atoms with E-state index in [1.807, 2.05) is 0 Å². The molecule has 1 N–H and O–H groups in total. The molecule has 0 aliphatic carbocycles. The van der Waals surface area contributed by atoms with Crippen molar-refractivity contribution in [3.8, 4) is 0 Å². The summed E-state index contributed by atoms with van der Waals surface area (Å²) in [6, 6.07) is 9.74. The summed E-state index contributed by atoms with van der Waals surface area (Å²) in [6.45, 7) is 1.17. The van der Waals surface area contributed by atoms with Crippen LogP contribution in [0.3, 0.4) is 0 Å². The molecule has 24 heavy (non-hydrogen) atoms. The molecule has 1 aliphatic rings. The molecule has 0 atom stereocenters. The summed E-state index contributed by atoms with van der Waals surface area (Å²) in [6.07, 6.45) is 3.22. The molecule has 7 nitrogen and oxygen atoms in total. The molecular formula is C16H17N3O4S. The van der Waals surface area contributed by atoms with Gasteiger partial charge in [-0.3, -0.25) is 9.78 Å². The third-order valence-electron chi connectivity index (χ3n) is 3.66. The highest BCUT2D eigenvalue weighted by Crippen LogP contribution is 2.19. The van der Waals surface area contributed by atoms with Crippen LogP contribution < -0.4 is 9.62 Å². The van der Waals surface area contributed by atoms with E-state index < -0.39 is 10.0 Å². The Morgan fingerprint density at radius 2 is 1.83 bits per heavy atom. The van der Waals surface area contributed by atoms with Crippen LogP contribution in [0.1, 0.15) is 5.56 Å². The molecular weight excluding hydrogens is 330 g/mol. The number of nitrogens with one attached hydrogen (secondary N) is 1. The molecule has 1 aliphatic heterocycles. The molecule has 2 aromatic rings. The van der Waals surface area contributed by atoms with Crippen molar-refractivity contribution in [2.45, 2.75) is 11.4 Å². The summed E-state index contributed by atoms with van der Waals surface area (Å²) >= 11 is 0. The smallest absolute Gasteiger partial charge is 0.253 e. The Labute approximate surface area is 140 Å². The first-order valence-electron chi connectivity index (χ1n) is 7.43. The van der Waals surface area contributed by atoms with Gasteiger partial charge in [0, 0.05) is 31.2 Å². The Balaban J connectivity index is 1.71. The minimum Gasteiger partial charge on any atom is -0.370 e. The second-order valence-electron chi connectivity index (χ2n) is 5.27. The SMILES string of the molecule is O=C1COCCN1c1ccc(S(=O)(=O)NCc2ccncc2)cc1. The number of sulfonamides is 1. The fourth-order valence-corrected chi connectivity index (χ4v) is 3.38. The van der Waals surface area contributed by atoms with Gasteiger partial charge in [-0.25, -0.2) is 13.1 Å². The largest absolute Gasteiger partial charge is 0.370 e. The van der Waals surface area contributed by atoms with Gasteiger partial charge in [-0.05, 0) is 42.0 Å². The lowest BCUT2D eigenvalue weighted by molar-refractivity contribution is -0.125. The molecule has 3 rings (SSSR count). The highest BCUT2D eigenvalue weighted by molar-refractivity contribution is 7.89. The molecule has 8 heteroatoms. The number of hydrogen-bond acceptors (Lipinski definition) is 5. The van der Waals surface area contributed by atoms with E-state index in [2.05, 4.69) is 9.71 Å². The summed E-state index contributed by atoms with van der Waals surface area (Å²) in [7, 11) is -3.62. The molecule has 0 radical (unpaired) electrons. The minimum atomic E-state index is -3.62. The van der Waals surface area contributed by atoms with E-state index in [0.717, 1.165) is 5.56 Å². The van der Waals surface area contributed by atoms with Crippen molar-refractivity contribution in [3.05, 3.63) is 54.4 Å². The summed E-state index contributed by atoms with van der Waals surface area (Å²) < 4.78 is 32.3. The second-order valence-corrected chi connectivity index (χ2v) is 7.04. The Kier molecular flexibility index (Phi) is 4.89. The van der Waals surface area contributed by atoms with E-state index in [4.69, 9.17) is 4.74 Å². The van der Waals surface area contributed by atoms with Crippen LogP contribution in [-0.4, -0.2) is 39.1 Å². The molecule has 1 saturated heterocycles. The van der Waals surface area contributed by atoms with Gasteiger partial charge in [0.05, 0.1) is 11.5 Å². The Bertz CT molecular complexity index is 807. The molecule has 2 heterocycles. The van der Waals surface area contributed by atoms with Crippen LogP contribution >= 0.6 is 0 Å². The number of ether oxygens (including phenoxy) is 1. The van der Waals surface area contributed by atoms with Crippen molar-refractivity contribution in [2.75, 3.05) is 24.7 Å². The lowest BCUT2D eigenvalue weighted by atomic mass is 10.2. The number of aromatic nitrogens is 1. The number of carbonyl (C=O) groups excluding carboxylic acids is 1. The van der Waals surface area contributed by atoms with E-state index >= 15 is 0 Å². The van der Waals surface area contributed by atoms with Crippen LogP contribution in [0.2, 0.25) is 0 Å². The van der Waals surface area contributed by atoms with Crippen molar-refractivity contribution in [1.82, 2.24) is 9.71 Å². The van der Waals surface area contributed by atoms with Gasteiger partial charge in [0.1, 0.15) is 6.61 Å². The number of pyridine rings is 1. The second kappa shape index (κ2) is 7.08. The number of carbonyl (C=O) groups is 1. The summed E-state index contributed by atoms with van der Waals surface area (Å²) in [5.41, 5.74) is 1.49. The Hall–Kier alpha value is -2.29. The summed E-state index contributed by atoms with van der Waals surface area (Å²) in [5, 5.41) is 0. The predicted molar refractivity (Wildman–Crippen MR) is 87.9 cm³/mol. The molecule has 0 spiro atoms. The number of nitrogens with zero attached hydrogens (tertiary/aromatic N) is 2. The van der Waals surface area contributed by atoms with Gasteiger partial charge in [0.15, 0.2) is 0 Å². The zero-order chi connectivity index (χ0) is 17.0. The first-order chi connectivity index (χ1) is 11.6. The first kappa shape index (κ1) is 16.6. The third-order valence-corrected chi connectivity index (χ3v) is 5.08. The van der Waals surface area contributed by atoms with Gasteiger partial charge in [-0.15, -0.1) is 0 Å². The zero-order valence-electron chi connectivity index (χ0n) is 12.9. The van der Waals surface area contributed by atoms with Crippen LogP contribution in [0.5, 0.6) is 0 Å². The van der Waals surface area contributed by atoms with Gasteiger partial charge >= 0.3 is 0 Å². The fourth-order valence-electron chi connectivity index (χ4n) is 2.36. The van der Waals surface area contributed by atoms with E-state index in [0.29, 0.717) is 18.8 Å². The Morgan fingerprint density at radius 3 is 2.50 bits per heavy atom. The van der Waals surface area contributed by atoms with Gasteiger partial charge in [-0.2, -0.15) is 0 Å². The van der Waals surface area contributed by atoms with Crippen molar-refractivity contribution in [1.29, 1.82) is 0 Å². The predicted octanol–water partition coefficient (Wildman–Crippen LogP) is 0.923. The first-order valence-corrected chi connectivity index (χ1v) is 8.91. The number of hydrogen-bond donors (Lipinski definition) is 1. The van der Waals surface area contributed by atoms with Crippen molar-refractivity contribution in [3.63, 3.8) is 0 Å². The van der Waals surface area contributed by atoms with E-state index in [-0.39, 0.29) is 24.0 Å². The average molecular weight is 347 g/mol. The van der Waals surface area contributed by atoms with Gasteiger partial charge < -0.3 is 9.64 Å². The molecule has 1 fully saturated rings. The van der Waals surface area contributed by atoms with E-state index in [1.54, 1.807) is 41.6 Å². The number of morpholine rings is 1. The molecule has 0 unspecified atom stereocenters. The quantitative estimate of drug-likeness (QED) is 0.869.